The Labute approximate surface area is 169 Å². The highest BCUT2D eigenvalue weighted by Gasteiger charge is 2.23. The summed E-state index contributed by atoms with van der Waals surface area (Å²) >= 11 is 7.59. The lowest BCUT2D eigenvalue weighted by Gasteiger charge is -2.34. The Hall–Kier alpha value is -0.980. The number of halogens is 3. The third-order valence-corrected chi connectivity index (χ3v) is 5.38. The molecule has 2 aromatic rings. The summed E-state index contributed by atoms with van der Waals surface area (Å²) in [6, 6.07) is 9.51. The highest BCUT2D eigenvalue weighted by molar-refractivity contribution is 7.16. The lowest BCUT2D eigenvalue weighted by Crippen LogP contribution is -2.48. The van der Waals surface area contributed by atoms with E-state index < -0.39 is 0 Å². The first-order valence-corrected chi connectivity index (χ1v) is 8.84. The summed E-state index contributed by atoms with van der Waals surface area (Å²) in [4.78, 5) is 18.2. The van der Waals surface area contributed by atoms with Crippen LogP contribution in [0.5, 0.6) is 0 Å². The van der Waals surface area contributed by atoms with E-state index in [2.05, 4.69) is 11.0 Å². The van der Waals surface area contributed by atoms with E-state index in [-0.39, 0.29) is 30.7 Å². The number of thiophene rings is 1. The van der Waals surface area contributed by atoms with E-state index in [9.17, 15) is 4.79 Å². The number of nitrogens with zero attached hydrogens (tertiary/aromatic N) is 2. The molecule has 0 atom stereocenters. The van der Waals surface area contributed by atoms with Crippen LogP contribution >= 0.6 is 47.8 Å². The van der Waals surface area contributed by atoms with Gasteiger partial charge in [0, 0.05) is 48.9 Å². The Morgan fingerprint density at radius 3 is 2.44 bits per heavy atom. The zero-order valence-electron chi connectivity index (χ0n) is 13.9. The maximum Gasteiger partial charge on any atom is 0.254 e. The molecule has 2 heterocycles. The average Bonchev–Trinajstić information content (AvgIpc) is 2.95. The van der Waals surface area contributed by atoms with Gasteiger partial charge in [-0.15, -0.1) is 36.2 Å². The number of hydrogen-bond acceptors (Lipinski definition) is 4. The second-order valence-electron chi connectivity index (χ2n) is 5.85. The molecule has 1 aromatic carbocycles. The molecule has 1 amide bonds. The van der Waals surface area contributed by atoms with Gasteiger partial charge in [0.15, 0.2) is 0 Å². The number of nitrogen functional groups attached to an aromatic ring is 1. The molecule has 1 aliphatic heterocycles. The first-order chi connectivity index (χ1) is 11.0. The minimum absolute atomic E-state index is 0. The average molecular weight is 423 g/mol. The number of nitrogens with two attached hydrogens (primary N) is 1. The standard InChI is InChI=1S/C17H20ClN3OS.2ClH/c1-12-2-3-13(19)10-15(12)17(22)21-8-6-20(7-9-21)11-14-4-5-16(18)23-14;;/h2-5,10H,6-9,11,19H2,1H3;2*1H. The SMILES string of the molecule is Cc1ccc(N)cc1C(=O)N1CCN(Cc2ccc(Cl)s2)CC1.Cl.Cl. The molecule has 0 radical (unpaired) electrons. The number of hydrogen-bond donors (Lipinski definition) is 1. The summed E-state index contributed by atoms with van der Waals surface area (Å²) in [5.74, 6) is 0.0774. The molecular formula is C17H22Cl3N3OS. The van der Waals surface area contributed by atoms with E-state index in [1.807, 2.05) is 30.0 Å². The van der Waals surface area contributed by atoms with Crippen molar-refractivity contribution in [2.75, 3.05) is 31.9 Å². The van der Waals surface area contributed by atoms with E-state index in [1.54, 1.807) is 17.4 Å². The Morgan fingerprint density at radius 1 is 1.16 bits per heavy atom. The van der Waals surface area contributed by atoms with Crippen molar-refractivity contribution in [1.29, 1.82) is 0 Å². The van der Waals surface area contributed by atoms with Gasteiger partial charge in [-0.3, -0.25) is 9.69 Å². The topological polar surface area (TPSA) is 49.6 Å². The van der Waals surface area contributed by atoms with Gasteiger partial charge in [0.05, 0.1) is 4.34 Å². The summed E-state index contributed by atoms with van der Waals surface area (Å²) in [5.41, 5.74) is 8.13. The van der Waals surface area contributed by atoms with Crippen molar-refractivity contribution in [1.82, 2.24) is 9.80 Å². The second kappa shape index (κ2) is 9.64. The molecular weight excluding hydrogens is 401 g/mol. The summed E-state index contributed by atoms with van der Waals surface area (Å²) in [7, 11) is 0. The molecule has 1 aromatic heterocycles. The quantitative estimate of drug-likeness (QED) is 0.758. The zero-order valence-corrected chi connectivity index (χ0v) is 17.1. The highest BCUT2D eigenvalue weighted by Crippen LogP contribution is 2.23. The monoisotopic (exact) mass is 421 g/mol. The molecule has 8 heteroatoms. The van der Waals surface area contributed by atoms with Gasteiger partial charge in [-0.25, -0.2) is 0 Å². The first kappa shape index (κ1) is 22.1. The maximum atomic E-state index is 12.7. The summed E-state index contributed by atoms with van der Waals surface area (Å²) in [6.45, 7) is 6.09. The fourth-order valence-corrected chi connectivity index (χ4v) is 3.94. The van der Waals surface area contributed by atoms with Crippen LogP contribution in [0.15, 0.2) is 30.3 Å². The molecule has 1 aliphatic rings. The van der Waals surface area contributed by atoms with E-state index in [0.717, 1.165) is 42.6 Å². The molecule has 138 valence electrons. The van der Waals surface area contributed by atoms with Gasteiger partial charge in [-0.2, -0.15) is 0 Å². The van der Waals surface area contributed by atoms with E-state index in [4.69, 9.17) is 17.3 Å². The smallest absolute Gasteiger partial charge is 0.254 e. The molecule has 25 heavy (non-hydrogen) atoms. The van der Waals surface area contributed by atoms with Gasteiger partial charge in [-0.05, 0) is 36.8 Å². The van der Waals surface area contributed by atoms with Crippen LogP contribution in [0.25, 0.3) is 0 Å². The Kier molecular flexibility index (Phi) is 8.51. The Balaban J connectivity index is 0.00000156. The molecule has 0 spiro atoms. The van der Waals surface area contributed by atoms with Gasteiger partial charge in [-0.1, -0.05) is 17.7 Å². The largest absolute Gasteiger partial charge is 0.399 e. The third kappa shape index (κ3) is 5.50. The minimum atomic E-state index is 0. The number of carbonyl (C=O) groups excluding carboxylic acids is 1. The maximum absolute atomic E-state index is 12.7. The lowest BCUT2D eigenvalue weighted by atomic mass is 10.1. The van der Waals surface area contributed by atoms with Crippen LogP contribution in [0.3, 0.4) is 0 Å². The van der Waals surface area contributed by atoms with E-state index >= 15 is 0 Å². The molecule has 1 fully saturated rings. The number of rotatable bonds is 3. The molecule has 1 saturated heterocycles. The van der Waals surface area contributed by atoms with Crippen molar-refractivity contribution in [3.8, 4) is 0 Å². The van der Waals surface area contributed by atoms with Crippen LogP contribution in [0.1, 0.15) is 20.8 Å². The molecule has 4 nitrogen and oxygen atoms in total. The van der Waals surface area contributed by atoms with Crippen molar-refractivity contribution in [2.24, 2.45) is 0 Å². The highest BCUT2D eigenvalue weighted by atomic mass is 35.5. The Morgan fingerprint density at radius 2 is 1.84 bits per heavy atom. The van der Waals surface area contributed by atoms with Crippen molar-refractivity contribution in [3.63, 3.8) is 0 Å². The fraction of sp³-hybridized carbons (Fsp3) is 0.353. The molecule has 0 unspecified atom stereocenters. The predicted octanol–water partition coefficient (Wildman–Crippen LogP) is 4.09. The molecule has 2 N–H and O–H groups in total. The van der Waals surface area contributed by atoms with Crippen molar-refractivity contribution in [3.05, 3.63) is 50.7 Å². The van der Waals surface area contributed by atoms with Crippen LogP contribution in [0.4, 0.5) is 5.69 Å². The third-order valence-electron chi connectivity index (χ3n) is 4.16. The van der Waals surface area contributed by atoms with Crippen LogP contribution in [-0.4, -0.2) is 41.9 Å². The molecule has 0 saturated carbocycles. The number of aryl methyl sites for hydroxylation is 1. The minimum Gasteiger partial charge on any atom is -0.399 e. The van der Waals surface area contributed by atoms with Gasteiger partial charge < -0.3 is 10.6 Å². The second-order valence-corrected chi connectivity index (χ2v) is 7.65. The molecule has 3 rings (SSSR count). The van der Waals surface area contributed by atoms with Crippen LogP contribution < -0.4 is 5.73 Å². The van der Waals surface area contributed by atoms with Crippen LogP contribution in [0, 0.1) is 6.92 Å². The van der Waals surface area contributed by atoms with E-state index in [0.29, 0.717) is 11.3 Å². The number of anilines is 1. The first-order valence-electron chi connectivity index (χ1n) is 7.65. The van der Waals surface area contributed by atoms with Crippen molar-refractivity contribution >= 4 is 59.3 Å². The number of carbonyl (C=O) groups is 1. The van der Waals surface area contributed by atoms with E-state index in [1.165, 1.54) is 4.88 Å². The van der Waals surface area contributed by atoms with Crippen LogP contribution in [0.2, 0.25) is 4.34 Å². The lowest BCUT2D eigenvalue weighted by molar-refractivity contribution is 0.0629. The number of piperazine rings is 1. The summed E-state index contributed by atoms with van der Waals surface area (Å²) < 4.78 is 0.825. The zero-order chi connectivity index (χ0) is 16.4. The normalized spacial score (nSPS) is 14.6. The van der Waals surface area contributed by atoms with Crippen molar-refractivity contribution < 1.29 is 4.79 Å². The number of benzene rings is 1. The summed E-state index contributed by atoms with van der Waals surface area (Å²) in [5, 5.41) is 0. The van der Waals surface area contributed by atoms with Gasteiger partial charge in [0.25, 0.3) is 5.91 Å². The Bertz CT molecular complexity index is 715. The van der Waals surface area contributed by atoms with Crippen molar-refractivity contribution in [2.45, 2.75) is 13.5 Å². The summed E-state index contributed by atoms with van der Waals surface area (Å²) in [6.07, 6.45) is 0. The van der Waals surface area contributed by atoms with Gasteiger partial charge >= 0.3 is 0 Å². The fourth-order valence-electron chi connectivity index (χ4n) is 2.81. The van der Waals surface area contributed by atoms with Gasteiger partial charge in [0.2, 0.25) is 0 Å². The van der Waals surface area contributed by atoms with Gasteiger partial charge in [0.1, 0.15) is 0 Å². The van der Waals surface area contributed by atoms with Crippen LogP contribution in [-0.2, 0) is 6.54 Å². The number of amides is 1. The molecule has 0 bridgehead atoms. The predicted molar refractivity (Wildman–Crippen MR) is 111 cm³/mol. The molecule has 0 aliphatic carbocycles.